The van der Waals surface area contributed by atoms with E-state index in [4.69, 9.17) is 5.73 Å². The topological polar surface area (TPSA) is 55.1 Å². The van der Waals surface area contributed by atoms with E-state index in [1.807, 2.05) is 42.5 Å². The molecule has 4 heteroatoms. The van der Waals surface area contributed by atoms with E-state index in [0.717, 1.165) is 11.3 Å². The van der Waals surface area contributed by atoms with E-state index in [2.05, 4.69) is 17.4 Å². The van der Waals surface area contributed by atoms with Gasteiger partial charge in [-0.2, -0.15) is 0 Å². The van der Waals surface area contributed by atoms with Gasteiger partial charge in [0, 0.05) is 5.69 Å². The second-order valence-electron chi connectivity index (χ2n) is 6.07. The molecule has 1 amide bonds. The van der Waals surface area contributed by atoms with Crippen LogP contribution in [0.5, 0.6) is 0 Å². The van der Waals surface area contributed by atoms with Gasteiger partial charge in [0.25, 0.3) is 0 Å². The fraction of sp³-hybridized carbons (Fsp3) is 0.316. The van der Waals surface area contributed by atoms with Crippen LogP contribution in [0.4, 0.5) is 5.69 Å². The zero-order chi connectivity index (χ0) is 15.4. The van der Waals surface area contributed by atoms with Crippen LogP contribution in [0, 0.1) is 5.92 Å². The summed E-state index contributed by atoms with van der Waals surface area (Å²) >= 11 is 0. The van der Waals surface area contributed by atoms with Crippen LogP contribution in [-0.4, -0.2) is 5.91 Å². The van der Waals surface area contributed by atoms with Crippen molar-refractivity contribution in [2.75, 3.05) is 5.73 Å². The summed E-state index contributed by atoms with van der Waals surface area (Å²) < 4.78 is 0. The normalized spacial score (nSPS) is 15.1. The lowest BCUT2D eigenvalue weighted by atomic mass is 9.77. The first kappa shape index (κ1) is 17.4. The van der Waals surface area contributed by atoms with Gasteiger partial charge in [0.05, 0.1) is 12.5 Å². The second kappa shape index (κ2) is 8.02. The van der Waals surface area contributed by atoms with Crippen LogP contribution in [-0.2, 0) is 11.2 Å². The molecular formula is C19H23ClN2O. The van der Waals surface area contributed by atoms with Gasteiger partial charge in [-0.1, -0.05) is 48.9 Å². The molecule has 0 saturated heterocycles. The summed E-state index contributed by atoms with van der Waals surface area (Å²) in [4.78, 5) is 12.4. The third-order valence-electron chi connectivity index (χ3n) is 4.44. The highest BCUT2D eigenvalue weighted by atomic mass is 35.5. The highest BCUT2D eigenvalue weighted by Crippen LogP contribution is 2.37. The highest BCUT2D eigenvalue weighted by Gasteiger charge is 2.29. The van der Waals surface area contributed by atoms with Crippen LogP contribution in [0.25, 0.3) is 0 Å². The van der Waals surface area contributed by atoms with Crippen molar-refractivity contribution in [1.82, 2.24) is 5.32 Å². The van der Waals surface area contributed by atoms with Crippen molar-refractivity contribution >= 4 is 24.0 Å². The summed E-state index contributed by atoms with van der Waals surface area (Å²) in [6.07, 6.45) is 4.06. The first-order valence-electron chi connectivity index (χ1n) is 7.91. The maximum absolute atomic E-state index is 12.4. The van der Waals surface area contributed by atoms with Crippen molar-refractivity contribution in [1.29, 1.82) is 0 Å². The number of nitrogens with one attached hydrogen (secondary N) is 1. The number of nitrogens with two attached hydrogens (primary N) is 1. The number of hydrogen-bond donors (Lipinski definition) is 2. The summed E-state index contributed by atoms with van der Waals surface area (Å²) in [5, 5.41) is 3.23. The number of benzene rings is 2. The fourth-order valence-electron chi connectivity index (χ4n) is 2.95. The molecule has 23 heavy (non-hydrogen) atoms. The van der Waals surface area contributed by atoms with Crippen LogP contribution in [0.2, 0.25) is 0 Å². The van der Waals surface area contributed by atoms with Gasteiger partial charge in [0.2, 0.25) is 5.91 Å². The number of anilines is 1. The Morgan fingerprint density at radius 2 is 1.74 bits per heavy atom. The number of carbonyl (C=O) groups excluding carboxylic acids is 1. The zero-order valence-corrected chi connectivity index (χ0v) is 13.9. The van der Waals surface area contributed by atoms with Crippen molar-refractivity contribution in [3.63, 3.8) is 0 Å². The maximum Gasteiger partial charge on any atom is 0.224 e. The van der Waals surface area contributed by atoms with Gasteiger partial charge in [0.15, 0.2) is 0 Å². The number of halogens is 1. The molecule has 1 unspecified atom stereocenters. The second-order valence-corrected chi connectivity index (χ2v) is 6.07. The molecule has 0 aromatic heterocycles. The molecule has 3 rings (SSSR count). The molecule has 1 aliphatic rings. The van der Waals surface area contributed by atoms with Gasteiger partial charge in [-0.25, -0.2) is 0 Å². The molecule has 1 atom stereocenters. The number of hydrogen-bond acceptors (Lipinski definition) is 2. The van der Waals surface area contributed by atoms with E-state index < -0.39 is 0 Å². The van der Waals surface area contributed by atoms with Crippen molar-refractivity contribution in [2.45, 2.75) is 31.7 Å². The van der Waals surface area contributed by atoms with Crippen molar-refractivity contribution in [3.8, 4) is 0 Å². The van der Waals surface area contributed by atoms with E-state index in [-0.39, 0.29) is 24.4 Å². The van der Waals surface area contributed by atoms with Crippen LogP contribution >= 0.6 is 12.4 Å². The SMILES string of the molecule is Cl.Nc1ccc(CC(=O)NC(c2ccccc2)C2CCC2)cc1. The van der Waals surface area contributed by atoms with Crippen LogP contribution in [0.3, 0.4) is 0 Å². The van der Waals surface area contributed by atoms with E-state index in [1.165, 1.54) is 24.8 Å². The Labute approximate surface area is 143 Å². The average molecular weight is 331 g/mol. The molecule has 2 aromatic rings. The molecule has 1 aliphatic carbocycles. The monoisotopic (exact) mass is 330 g/mol. The van der Waals surface area contributed by atoms with Gasteiger partial charge >= 0.3 is 0 Å². The predicted octanol–water partition coefficient (Wildman–Crippen LogP) is 3.89. The first-order valence-corrected chi connectivity index (χ1v) is 7.91. The van der Waals surface area contributed by atoms with Crippen molar-refractivity contribution in [3.05, 3.63) is 65.7 Å². The van der Waals surface area contributed by atoms with E-state index in [0.29, 0.717) is 12.3 Å². The Bertz CT molecular complexity index is 624. The standard InChI is InChI=1S/C19H22N2O.ClH/c20-17-11-9-14(10-12-17)13-18(22)21-19(16-7-4-8-16)15-5-2-1-3-6-15;/h1-3,5-6,9-12,16,19H,4,7-8,13,20H2,(H,21,22);1H. The molecule has 0 aliphatic heterocycles. The number of rotatable bonds is 5. The molecule has 3 N–H and O–H groups in total. The molecule has 0 radical (unpaired) electrons. The maximum atomic E-state index is 12.4. The third kappa shape index (κ3) is 4.49. The third-order valence-corrected chi connectivity index (χ3v) is 4.44. The van der Waals surface area contributed by atoms with Crippen LogP contribution in [0.15, 0.2) is 54.6 Å². The zero-order valence-electron chi connectivity index (χ0n) is 13.1. The van der Waals surface area contributed by atoms with Crippen molar-refractivity contribution in [2.24, 2.45) is 5.92 Å². The Hall–Kier alpha value is -2.00. The van der Waals surface area contributed by atoms with Gasteiger partial charge < -0.3 is 11.1 Å². The Morgan fingerprint density at radius 1 is 1.09 bits per heavy atom. The lowest BCUT2D eigenvalue weighted by Crippen LogP contribution is -2.37. The van der Waals surface area contributed by atoms with Gasteiger partial charge in [0.1, 0.15) is 0 Å². The lowest BCUT2D eigenvalue weighted by molar-refractivity contribution is -0.121. The number of carbonyl (C=O) groups is 1. The minimum Gasteiger partial charge on any atom is -0.399 e. The molecule has 0 heterocycles. The molecular weight excluding hydrogens is 308 g/mol. The molecule has 0 bridgehead atoms. The van der Waals surface area contributed by atoms with Gasteiger partial charge in [-0.05, 0) is 42.0 Å². The quantitative estimate of drug-likeness (QED) is 0.817. The van der Waals surface area contributed by atoms with Crippen molar-refractivity contribution < 1.29 is 4.79 Å². The molecule has 0 spiro atoms. The summed E-state index contributed by atoms with van der Waals surface area (Å²) in [7, 11) is 0. The molecule has 3 nitrogen and oxygen atoms in total. The summed E-state index contributed by atoms with van der Waals surface area (Å²) in [6, 6.07) is 17.9. The highest BCUT2D eigenvalue weighted by molar-refractivity contribution is 5.85. The number of amides is 1. The van der Waals surface area contributed by atoms with Gasteiger partial charge in [-0.3, -0.25) is 4.79 Å². The van der Waals surface area contributed by atoms with Crippen LogP contribution in [0.1, 0.15) is 36.4 Å². The summed E-state index contributed by atoms with van der Waals surface area (Å²) in [6.45, 7) is 0. The van der Waals surface area contributed by atoms with Crippen LogP contribution < -0.4 is 11.1 Å². The fourth-order valence-corrected chi connectivity index (χ4v) is 2.95. The Kier molecular flexibility index (Phi) is 6.05. The smallest absolute Gasteiger partial charge is 0.224 e. The number of nitrogen functional groups attached to an aromatic ring is 1. The molecule has 1 fully saturated rings. The van der Waals surface area contributed by atoms with E-state index >= 15 is 0 Å². The molecule has 122 valence electrons. The van der Waals surface area contributed by atoms with E-state index in [1.54, 1.807) is 0 Å². The largest absolute Gasteiger partial charge is 0.399 e. The van der Waals surface area contributed by atoms with E-state index in [9.17, 15) is 4.79 Å². The minimum absolute atomic E-state index is 0. The first-order chi connectivity index (χ1) is 10.7. The molecule has 2 aromatic carbocycles. The predicted molar refractivity (Wildman–Crippen MR) is 96.5 cm³/mol. The Balaban J connectivity index is 0.00000192. The lowest BCUT2D eigenvalue weighted by Gasteiger charge is -2.34. The Morgan fingerprint density at radius 3 is 2.30 bits per heavy atom. The minimum atomic E-state index is 0. The van der Waals surface area contributed by atoms with Gasteiger partial charge in [-0.15, -0.1) is 12.4 Å². The average Bonchev–Trinajstić information content (AvgIpc) is 2.48. The summed E-state index contributed by atoms with van der Waals surface area (Å²) in [5.74, 6) is 0.642. The molecule has 1 saturated carbocycles. The summed E-state index contributed by atoms with van der Waals surface area (Å²) in [5.41, 5.74) is 8.60.